The Balaban J connectivity index is 1.85. The summed E-state index contributed by atoms with van der Waals surface area (Å²) in [5.41, 5.74) is 4.45. The molecule has 1 aliphatic rings. The van der Waals surface area contributed by atoms with Gasteiger partial charge in [0.15, 0.2) is 0 Å². The van der Waals surface area contributed by atoms with Crippen LogP contribution in [0.1, 0.15) is 16.7 Å². The summed E-state index contributed by atoms with van der Waals surface area (Å²) in [4.78, 5) is 26.0. The fourth-order valence-electron chi connectivity index (χ4n) is 3.78. The number of hydrogen-bond donors (Lipinski definition) is 2. The van der Waals surface area contributed by atoms with Gasteiger partial charge in [-0.25, -0.2) is 0 Å². The number of nitrogens with one attached hydrogen (secondary N) is 2. The van der Waals surface area contributed by atoms with Crippen LogP contribution in [-0.2, 0) is 11.3 Å². The Labute approximate surface area is 191 Å². The van der Waals surface area contributed by atoms with Crippen molar-refractivity contribution in [3.05, 3.63) is 93.5 Å². The second-order valence-corrected chi connectivity index (χ2v) is 7.98. The van der Waals surface area contributed by atoms with Gasteiger partial charge in [-0.05, 0) is 50.0 Å². The maximum Gasteiger partial charge on any atom is 0.270 e. The molecule has 2 N–H and O–H groups in total. The second kappa shape index (κ2) is 9.13. The van der Waals surface area contributed by atoms with Gasteiger partial charge in [-0.1, -0.05) is 24.3 Å². The fraction of sp³-hybridized carbons (Fsp3) is 0.160. The molecule has 0 fully saturated rings. The molecule has 8 heteroatoms. The van der Waals surface area contributed by atoms with Gasteiger partial charge in [0.05, 0.1) is 23.3 Å². The normalized spacial score (nSPS) is 14.0. The van der Waals surface area contributed by atoms with Crippen LogP contribution in [0.25, 0.3) is 11.3 Å². The molecule has 1 amide bonds. The highest BCUT2D eigenvalue weighted by Gasteiger charge is 2.30. The van der Waals surface area contributed by atoms with Crippen molar-refractivity contribution >= 4 is 34.2 Å². The molecule has 0 aromatic heterocycles. The van der Waals surface area contributed by atoms with Crippen molar-refractivity contribution in [2.75, 3.05) is 31.8 Å². The van der Waals surface area contributed by atoms with Gasteiger partial charge < -0.3 is 20.3 Å². The van der Waals surface area contributed by atoms with Crippen molar-refractivity contribution in [1.82, 2.24) is 4.90 Å². The molecule has 1 aliphatic heterocycles. The highest BCUT2D eigenvalue weighted by molar-refractivity contribution is 6.37. The molecule has 1 heterocycles. The Morgan fingerprint density at radius 2 is 1.85 bits per heavy atom. The number of rotatable bonds is 7. The van der Waals surface area contributed by atoms with Crippen LogP contribution in [0.3, 0.4) is 0 Å². The average Bonchev–Trinajstić information content (AvgIpc) is 3.13. The van der Waals surface area contributed by atoms with E-state index in [1.54, 1.807) is 13.2 Å². The van der Waals surface area contributed by atoms with Crippen molar-refractivity contribution in [3.8, 4) is 5.75 Å². The fourth-order valence-corrected chi connectivity index (χ4v) is 3.78. The Hall–Kier alpha value is -4.17. The minimum absolute atomic E-state index is 0.0826. The number of nitro benzene ring substituents is 1. The lowest BCUT2D eigenvalue weighted by Crippen LogP contribution is -2.11. The van der Waals surface area contributed by atoms with Crippen LogP contribution < -0.4 is 15.4 Å². The average molecular weight is 444 g/mol. The van der Waals surface area contributed by atoms with Crippen molar-refractivity contribution in [2.24, 2.45) is 0 Å². The van der Waals surface area contributed by atoms with E-state index in [1.165, 1.54) is 12.1 Å². The van der Waals surface area contributed by atoms with Crippen LogP contribution in [0.15, 0.2) is 66.7 Å². The van der Waals surface area contributed by atoms with Gasteiger partial charge in [0.2, 0.25) is 0 Å². The van der Waals surface area contributed by atoms with Gasteiger partial charge >= 0.3 is 0 Å². The van der Waals surface area contributed by atoms with Crippen molar-refractivity contribution in [2.45, 2.75) is 6.54 Å². The van der Waals surface area contributed by atoms with Gasteiger partial charge in [0.25, 0.3) is 11.6 Å². The van der Waals surface area contributed by atoms with Crippen molar-refractivity contribution in [3.63, 3.8) is 0 Å². The number of benzene rings is 3. The number of carbonyl (C=O) groups is 1. The van der Waals surface area contributed by atoms with E-state index in [1.807, 2.05) is 62.6 Å². The number of amides is 1. The first kappa shape index (κ1) is 22.0. The summed E-state index contributed by atoms with van der Waals surface area (Å²) in [5.74, 6) is 0.298. The molecule has 33 heavy (non-hydrogen) atoms. The summed E-state index contributed by atoms with van der Waals surface area (Å²) in [6.07, 6.45) is 0. The number of fused-ring (bicyclic) bond motifs is 1. The van der Waals surface area contributed by atoms with Gasteiger partial charge in [-0.15, -0.1) is 0 Å². The molecular formula is C25H24N4O4. The molecule has 0 aliphatic carbocycles. The van der Waals surface area contributed by atoms with E-state index in [2.05, 4.69) is 15.5 Å². The summed E-state index contributed by atoms with van der Waals surface area (Å²) >= 11 is 0. The third kappa shape index (κ3) is 4.70. The predicted octanol–water partition coefficient (Wildman–Crippen LogP) is 4.60. The van der Waals surface area contributed by atoms with Crippen LogP contribution in [0.2, 0.25) is 0 Å². The third-order valence-electron chi connectivity index (χ3n) is 5.29. The molecule has 4 rings (SSSR count). The zero-order chi connectivity index (χ0) is 23.5. The van der Waals surface area contributed by atoms with Crippen LogP contribution in [0.5, 0.6) is 5.75 Å². The summed E-state index contributed by atoms with van der Waals surface area (Å²) in [7, 11) is 5.59. The first-order valence-electron chi connectivity index (χ1n) is 10.4. The maximum atomic E-state index is 13.0. The first-order chi connectivity index (χ1) is 15.9. The van der Waals surface area contributed by atoms with E-state index >= 15 is 0 Å². The Morgan fingerprint density at radius 1 is 1.09 bits per heavy atom. The molecule has 0 radical (unpaired) electrons. The van der Waals surface area contributed by atoms with Crippen LogP contribution in [0, 0.1) is 10.1 Å². The molecule has 8 nitrogen and oxygen atoms in total. The van der Waals surface area contributed by atoms with E-state index in [0.29, 0.717) is 28.3 Å². The topological polar surface area (TPSA) is 96.7 Å². The molecular weight excluding hydrogens is 420 g/mol. The number of nitro groups is 1. The number of nitrogens with zero attached hydrogens (tertiary/aromatic N) is 2. The monoisotopic (exact) mass is 444 g/mol. The van der Waals surface area contributed by atoms with Crippen LogP contribution >= 0.6 is 0 Å². The highest BCUT2D eigenvalue weighted by atomic mass is 16.6. The number of anilines is 2. The molecule has 0 saturated heterocycles. The summed E-state index contributed by atoms with van der Waals surface area (Å²) in [5, 5.41) is 17.5. The minimum atomic E-state index is -0.469. The third-order valence-corrected chi connectivity index (χ3v) is 5.29. The number of methoxy groups -OCH3 is 1. The molecule has 0 saturated carbocycles. The molecule has 3 aromatic rings. The molecule has 3 aromatic carbocycles. The van der Waals surface area contributed by atoms with Crippen molar-refractivity contribution in [1.29, 1.82) is 0 Å². The Bertz CT molecular complexity index is 1250. The van der Waals surface area contributed by atoms with E-state index in [-0.39, 0.29) is 11.6 Å². The lowest BCUT2D eigenvalue weighted by atomic mass is 9.99. The maximum absolute atomic E-state index is 13.0. The quantitative estimate of drug-likeness (QED) is 0.314. The van der Waals surface area contributed by atoms with Gasteiger partial charge in [-0.2, -0.15) is 0 Å². The number of hydrogen-bond acceptors (Lipinski definition) is 6. The molecule has 0 atom stereocenters. The van der Waals surface area contributed by atoms with Crippen LogP contribution in [0.4, 0.5) is 17.1 Å². The standard InChI is InChI=1S/C25H24N4O4/c1-28(2)15-16-7-9-18(10-8-16)26-24(17-5-4-6-20(13-17)33-3)23-21-14-19(29(31)32)11-12-22(21)27-25(23)30/h4-14,26H,15H2,1-3H3,(H,27,30). The molecule has 0 bridgehead atoms. The SMILES string of the molecule is COc1cccc(C(Nc2ccc(CN(C)C)cc2)=C2C(=O)Nc3ccc([N+](=O)[O-])cc32)c1. The molecule has 0 spiro atoms. The van der Waals surface area contributed by atoms with Gasteiger partial charge in [-0.3, -0.25) is 14.9 Å². The van der Waals surface area contributed by atoms with E-state index in [0.717, 1.165) is 23.4 Å². The number of ether oxygens (including phenoxy) is 1. The second-order valence-electron chi connectivity index (χ2n) is 7.98. The largest absolute Gasteiger partial charge is 0.497 e. The number of carbonyl (C=O) groups excluding carboxylic acids is 1. The zero-order valence-electron chi connectivity index (χ0n) is 18.6. The zero-order valence-corrected chi connectivity index (χ0v) is 18.6. The first-order valence-corrected chi connectivity index (χ1v) is 10.4. The summed E-state index contributed by atoms with van der Waals surface area (Å²) < 4.78 is 5.37. The Morgan fingerprint density at radius 3 is 2.52 bits per heavy atom. The predicted molar refractivity (Wildman–Crippen MR) is 129 cm³/mol. The van der Waals surface area contributed by atoms with E-state index in [4.69, 9.17) is 4.74 Å². The van der Waals surface area contributed by atoms with Gasteiger partial charge in [0, 0.05) is 41.2 Å². The minimum Gasteiger partial charge on any atom is -0.497 e. The number of non-ortho nitro benzene ring substituents is 1. The highest BCUT2D eigenvalue weighted by Crippen LogP contribution is 2.39. The van der Waals surface area contributed by atoms with Crippen LogP contribution in [-0.4, -0.2) is 36.9 Å². The lowest BCUT2D eigenvalue weighted by molar-refractivity contribution is -0.384. The van der Waals surface area contributed by atoms with E-state index in [9.17, 15) is 14.9 Å². The lowest BCUT2D eigenvalue weighted by Gasteiger charge is -2.16. The summed E-state index contributed by atoms with van der Waals surface area (Å²) in [6, 6.07) is 19.6. The van der Waals surface area contributed by atoms with E-state index < -0.39 is 4.92 Å². The smallest absolute Gasteiger partial charge is 0.270 e. The molecule has 168 valence electrons. The Kier molecular flexibility index (Phi) is 6.10. The van der Waals surface area contributed by atoms with Crippen molar-refractivity contribution < 1.29 is 14.5 Å². The summed E-state index contributed by atoms with van der Waals surface area (Å²) in [6.45, 7) is 0.809. The molecule has 0 unspecified atom stereocenters. The van der Waals surface area contributed by atoms with Gasteiger partial charge in [0.1, 0.15) is 5.75 Å².